The van der Waals surface area contributed by atoms with Crippen molar-refractivity contribution in [3.63, 3.8) is 0 Å². The van der Waals surface area contributed by atoms with E-state index >= 15 is 0 Å². The van der Waals surface area contributed by atoms with E-state index in [4.69, 9.17) is 4.74 Å². The Balaban J connectivity index is 1.72. The molecule has 2 heterocycles. The molecule has 0 spiro atoms. The molecule has 2 N–H and O–H groups in total. The molecule has 8 nitrogen and oxygen atoms in total. The number of benzene rings is 2. The normalized spacial score (nSPS) is 16.0. The first kappa shape index (κ1) is 23.2. The molecule has 4 rings (SSSR count). The summed E-state index contributed by atoms with van der Waals surface area (Å²) < 4.78 is 32.8. The minimum atomic E-state index is -3.75. The quantitative estimate of drug-likeness (QED) is 0.597. The molecule has 1 amide bonds. The number of rotatable bonds is 5. The standard InChI is InChI=1S/C24H27N3O5S/c1-15-4-5-16(2)19(12-15)17(3)25-24(29)21-14-23(28)26-22-7-6-18(13-20(21)22)33(30,31)27-8-10-32-11-9-27/h4-7,12-14,17H,8-11H2,1-3H3,(H,25,29)(H,26,28). The van der Waals surface area contributed by atoms with E-state index in [-0.39, 0.29) is 29.6 Å². The minimum Gasteiger partial charge on any atom is -0.379 e. The number of sulfonamides is 1. The Morgan fingerprint density at radius 3 is 2.55 bits per heavy atom. The van der Waals surface area contributed by atoms with Crippen molar-refractivity contribution in [2.45, 2.75) is 31.7 Å². The van der Waals surface area contributed by atoms with Gasteiger partial charge in [-0.3, -0.25) is 9.59 Å². The molecule has 174 valence electrons. The van der Waals surface area contributed by atoms with Crippen LogP contribution in [0.1, 0.15) is 40.0 Å². The molecule has 2 aromatic carbocycles. The number of H-pyrrole nitrogens is 1. The van der Waals surface area contributed by atoms with Crippen LogP contribution in [0.5, 0.6) is 0 Å². The fourth-order valence-electron chi connectivity index (χ4n) is 4.10. The van der Waals surface area contributed by atoms with Crippen LogP contribution in [0.2, 0.25) is 0 Å². The molecule has 0 saturated carbocycles. The first-order valence-corrected chi connectivity index (χ1v) is 12.2. The minimum absolute atomic E-state index is 0.0700. The Kier molecular flexibility index (Phi) is 6.38. The zero-order chi connectivity index (χ0) is 23.8. The average Bonchev–Trinajstić information content (AvgIpc) is 2.80. The summed E-state index contributed by atoms with van der Waals surface area (Å²) >= 11 is 0. The average molecular weight is 470 g/mol. The Labute approximate surface area is 192 Å². The lowest BCUT2D eigenvalue weighted by Crippen LogP contribution is -2.40. The number of aryl methyl sites for hydroxylation is 2. The van der Waals surface area contributed by atoms with Crippen molar-refractivity contribution >= 4 is 26.8 Å². The van der Waals surface area contributed by atoms with Gasteiger partial charge in [0.15, 0.2) is 0 Å². The van der Waals surface area contributed by atoms with Crippen molar-refractivity contribution in [1.29, 1.82) is 0 Å². The molecule has 0 aliphatic carbocycles. The van der Waals surface area contributed by atoms with Crippen molar-refractivity contribution in [2.24, 2.45) is 0 Å². The molecule has 1 aromatic heterocycles. The number of amides is 1. The topological polar surface area (TPSA) is 109 Å². The van der Waals surface area contributed by atoms with E-state index < -0.39 is 21.5 Å². The van der Waals surface area contributed by atoms with Crippen molar-refractivity contribution in [2.75, 3.05) is 26.3 Å². The SMILES string of the molecule is Cc1ccc(C)c(C(C)NC(=O)c2cc(=O)[nH]c3ccc(S(=O)(=O)N4CCOCC4)cc23)c1. The number of carbonyl (C=O) groups excluding carboxylic acids is 1. The van der Waals surface area contributed by atoms with Crippen LogP contribution in [0.3, 0.4) is 0 Å². The number of morpholine rings is 1. The maximum absolute atomic E-state index is 13.2. The van der Waals surface area contributed by atoms with Crippen LogP contribution >= 0.6 is 0 Å². The molecule has 9 heteroatoms. The number of hydrogen-bond donors (Lipinski definition) is 2. The lowest BCUT2D eigenvalue weighted by atomic mass is 9.99. The van der Waals surface area contributed by atoms with Gasteiger partial charge in [0.1, 0.15) is 0 Å². The highest BCUT2D eigenvalue weighted by atomic mass is 32.2. The molecular weight excluding hydrogens is 442 g/mol. The zero-order valence-electron chi connectivity index (χ0n) is 18.8. The highest BCUT2D eigenvalue weighted by Gasteiger charge is 2.27. The summed E-state index contributed by atoms with van der Waals surface area (Å²) in [7, 11) is -3.75. The third kappa shape index (κ3) is 4.71. The first-order chi connectivity index (χ1) is 15.7. The Morgan fingerprint density at radius 1 is 1.09 bits per heavy atom. The van der Waals surface area contributed by atoms with Gasteiger partial charge < -0.3 is 15.0 Å². The largest absolute Gasteiger partial charge is 0.379 e. The van der Waals surface area contributed by atoms with Crippen LogP contribution in [-0.4, -0.2) is 49.9 Å². The fourth-order valence-corrected chi connectivity index (χ4v) is 5.53. The second-order valence-electron chi connectivity index (χ2n) is 8.33. The van der Waals surface area contributed by atoms with E-state index in [0.29, 0.717) is 24.1 Å². The van der Waals surface area contributed by atoms with E-state index in [1.165, 1.54) is 28.6 Å². The van der Waals surface area contributed by atoms with Gasteiger partial charge in [-0.2, -0.15) is 4.31 Å². The van der Waals surface area contributed by atoms with Gasteiger partial charge in [0, 0.05) is 30.1 Å². The van der Waals surface area contributed by atoms with E-state index in [9.17, 15) is 18.0 Å². The highest BCUT2D eigenvalue weighted by molar-refractivity contribution is 7.89. The predicted molar refractivity (Wildman–Crippen MR) is 126 cm³/mol. The third-order valence-corrected chi connectivity index (χ3v) is 7.81. The van der Waals surface area contributed by atoms with E-state index in [1.54, 1.807) is 0 Å². The number of pyridine rings is 1. The summed E-state index contributed by atoms with van der Waals surface area (Å²) in [6, 6.07) is 11.4. The highest BCUT2D eigenvalue weighted by Crippen LogP contribution is 2.25. The van der Waals surface area contributed by atoms with Gasteiger partial charge in [-0.1, -0.05) is 23.8 Å². The second kappa shape index (κ2) is 9.09. The van der Waals surface area contributed by atoms with Crippen LogP contribution in [0.25, 0.3) is 10.9 Å². The van der Waals surface area contributed by atoms with Gasteiger partial charge in [-0.05, 0) is 50.1 Å². The molecular formula is C24H27N3O5S. The maximum Gasteiger partial charge on any atom is 0.252 e. The summed E-state index contributed by atoms with van der Waals surface area (Å²) in [6.07, 6.45) is 0. The summed E-state index contributed by atoms with van der Waals surface area (Å²) in [5, 5.41) is 3.32. The van der Waals surface area contributed by atoms with Crippen molar-refractivity contribution < 1.29 is 17.9 Å². The number of hydrogen-bond acceptors (Lipinski definition) is 5. The van der Waals surface area contributed by atoms with Crippen LogP contribution in [0, 0.1) is 13.8 Å². The smallest absolute Gasteiger partial charge is 0.252 e. The lowest BCUT2D eigenvalue weighted by molar-refractivity contribution is 0.0730. The molecule has 33 heavy (non-hydrogen) atoms. The summed E-state index contributed by atoms with van der Waals surface area (Å²) in [5.74, 6) is -0.444. The van der Waals surface area contributed by atoms with Gasteiger partial charge in [-0.25, -0.2) is 8.42 Å². The first-order valence-electron chi connectivity index (χ1n) is 10.8. The molecule has 1 atom stereocenters. The summed E-state index contributed by atoms with van der Waals surface area (Å²) in [5.41, 5.74) is 3.20. The van der Waals surface area contributed by atoms with Crippen LogP contribution in [-0.2, 0) is 14.8 Å². The number of carbonyl (C=O) groups is 1. The Hall–Kier alpha value is -3.01. The number of ether oxygens (including phenoxy) is 1. The Morgan fingerprint density at radius 2 is 1.82 bits per heavy atom. The molecule has 1 aliphatic rings. The number of aromatic nitrogens is 1. The molecule has 1 aliphatic heterocycles. The van der Waals surface area contributed by atoms with Crippen LogP contribution in [0.4, 0.5) is 0 Å². The van der Waals surface area contributed by atoms with E-state index in [2.05, 4.69) is 10.3 Å². The van der Waals surface area contributed by atoms with Crippen LogP contribution in [0.15, 0.2) is 52.2 Å². The number of fused-ring (bicyclic) bond motifs is 1. The van der Waals surface area contributed by atoms with Gasteiger partial charge in [0.25, 0.3) is 5.91 Å². The van der Waals surface area contributed by atoms with Crippen molar-refractivity contribution in [3.05, 3.63) is 75.1 Å². The predicted octanol–water partition coefficient (Wildman–Crippen LogP) is 2.66. The van der Waals surface area contributed by atoms with Gasteiger partial charge in [-0.15, -0.1) is 0 Å². The summed E-state index contributed by atoms with van der Waals surface area (Å²) in [4.78, 5) is 28.2. The summed E-state index contributed by atoms with van der Waals surface area (Å²) in [6.45, 7) is 7.05. The molecule has 1 fully saturated rings. The van der Waals surface area contributed by atoms with Gasteiger partial charge >= 0.3 is 0 Å². The molecule has 1 saturated heterocycles. The molecule has 0 radical (unpaired) electrons. The van der Waals surface area contributed by atoms with E-state index in [0.717, 1.165) is 16.7 Å². The van der Waals surface area contributed by atoms with Crippen molar-refractivity contribution in [3.8, 4) is 0 Å². The number of aromatic amines is 1. The van der Waals surface area contributed by atoms with Gasteiger partial charge in [0.05, 0.1) is 29.7 Å². The second-order valence-corrected chi connectivity index (χ2v) is 10.3. The Bertz CT molecular complexity index is 1370. The van der Waals surface area contributed by atoms with E-state index in [1.807, 2.05) is 39.0 Å². The lowest BCUT2D eigenvalue weighted by Gasteiger charge is -2.26. The fraction of sp³-hybridized carbons (Fsp3) is 0.333. The number of nitrogens with one attached hydrogen (secondary N) is 2. The molecule has 3 aromatic rings. The number of nitrogens with zero attached hydrogens (tertiary/aromatic N) is 1. The maximum atomic E-state index is 13.2. The third-order valence-electron chi connectivity index (χ3n) is 5.92. The zero-order valence-corrected chi connectivity index (χ0v) is 19.7. The van der Waals surface area contributed by atoms with Crippen molar-refractivity contribution in [1.82, 2.24) is 14.6 Å². The molecule has 0 bridgehead atoms. The molecule has 1 unspecified atom stereocenters. The van der Waals surface area contributed by atoms with Crippen LogP contribution < -0.4 is 10.9 Å². The van der Waals surface area contributed by atoms with Gasteiger partial charge in [0.2, 0.25) is 15.6 Å². The monoisotopic (exact) mass is 469 g/mol.